The zero-order valence-corrected chi connectivity index (χ0v) is 12.8. The molecular weight excluding hydrogens is 355 g/mol. The van der Waals surface area contributed by atoms with Gasteiger partial charge in [-0.15, -0.1) is 0 Å². The van der Waals surface area contributed by atoms with Crippen LogP contribution in [0.5, 0.6) is 5.75 Å². The van der Waals surface area contributed by atoms with Crippen molar-refractivity contribution >= 4 is 34.2 Å². The molecule has 0 fully saturated rings. The molecule has 0 radical (unpaired) electrons. The predicted octanol–water partition coefficient (Wildman–Crippen LogP) is 3.26. The van der Waals surface area contributed by atoms with Gasteiger partial charge >= 0.3 is 0 Å². The van der Waals surface area contributed by atoms with Crippen LogP contribution in [-0.2, 0) is 0 Å². The van der Waals surface area contributed by atoms with Crippen LogP contribution in [0.4, 0.5) is 5.69 Å². The van der Waals surface area contributed by atoms with E-state index in [2.05, 4.69) is 32.9 Å². The fourth-order valence-electron chi connectivity index (χ4n) is 1.66. The molecule has 0 saturated heterocycles. The van der Waals surface area contributed by atoms with E-state index in [9.17, 15) is 4.79 Å². The highest BCUT2D eigenvalue weighted by Gasteiger charge is 2.13. The minimum atomic E-state index is -0.204. The summed E-state index contributed by atoms with van der Waals surface area (Å²) in [5.74, 6) is 0.257. The third-order valence-corrected chi connectivity index (χ3v) is 3.93. The number of carbonyl (C=O) groups is 1. The average molecular weight is 368 g/mol. The van der Waals surface area contributed by atoms with Crippen LogP contribution >= 0.6 is 22.6 Å². The number of nitrogens with zero attached hydrogens (tertiary/aromatic N) is 1. The van der Waals surface area contributed by atoms with Crippen molar-refractivity contribution in [3.63, 3.8) is 0 Å². The van der Waals surface area contributed by atoms with Crippen molar-refractivity contribution in [2.24, 2.45) is 0 Å². The Morgan fingerprint density at radius 1 is 1.37 bits per heavy atom. The van der Waals surface area contributed by atoms with Crippen LogP contribution in [0.1, 0.15) is 15.9 Å². The zero-order chi connectivity index (χ0) is 13.8. The monoisotopic (exact) mass is 368 g/mol. The number of benzene rings is 1. The lowest BCUT2D eigenvalue weighted by Crippen LogP contribution is -2.14. The lowest BCUT2D eigenvalue weighted by molar-refractivity contribution is 0.102. The van der Waals surface area contributed by atoms with Crippen molar-refractivity contribution in [1.82, 2.24) is 4.98 Å². The Morgan fingerprint density at radius 3 is 2.89 bits per heavy atom. The first-order chi connectivity index (χ1) is 9.13. The SMILES string of the molecule is COc1cnccc1C(=O)Nc1cccc(I)c1C. The predicted molar refractivity (Wildman–Crippen MR) is 82.6 cm³/mol. The van der Waals surface area contributed by atoms with Crippen LogP contribution in [-0.4, -0.2) is 18.0 Å². The summed E-state index contributed by atoms with van der Waals surface area (Å²) < 4.78 is 6.24. The van der Waals surface area contributed by atoms with Crippen LogP contribution in [0.25, 0.3) is 0 Å². The van der Waals surface area contributed by atoms with E-state index in [1.54, 1.807) is 12.3 Å². The van der Waals surface area contributed by atoms with Crippen molar-refractivity contribution in [2.75, 3.05) is 12.4 Å². The minimum absolute atomic E-state index is 0.204. The van der Waals surface area contributed by atoms with E-state index in [0.29, 0.717) is 11.3 Å². The van der Waals surface area contributed by atoms with Gasteiger partial charge in [0.05, 0.1) is 18.9 Å². The molecule has 0 saturated carbocycles. The fraction of sp³-hybridized carbons (Fsp3) is 0.143. The maximum absolute atomic E-state index is 12.2. The Morgan fingerprint density at radius 2 is 2.16 bits per heavy atom. The largest absolute Gasteiger partial charge is 0.494 e. The van der Waals surface area contributed by atoms with Gasteiger partial charge in [0.2, 0.25) is 0 Å². The van der Waals surface area contributed by atoms with E-state index < -0.39 is 0 Å². The summed E-state index contributed by atoms with van der Waals surface area (Å²) in [6.07, 6.45) is 3.09. The highest BCUT2D eigenvalue weighted by atomic mass is 127. The molecule has 1 aromatic carbocycles. The molecule has 1 heterocycles. The number of hydrogen-bond donors (Lipinski definition) is 1. The maximum atomic E-state index is 12.2. The Labute approximate surface area is 125 Å². The molecule has 1 amide bonds. The highest BCUT2D eigenvalue weighted by Crippen LogP contribution is 2.22. The lowest BCUT2D eigenvalue weighted by atomic mass is 10.2. The van der Waals surface area contributed by atoms with Gasteiger partial charge in [-0.3, -0.25) is 9.78 Å². The maximum Gasteiger partial charge on any atom is 0.259 e. The number of hydrogen-bond acceptors (Lipinski definition) is 3. The molecule has 0 bridgehead atoms. The van der Waals surface area contributed by atoms with Crippen molar-refractivity contribution in [1.29, 1.82) is 0 Å². The number of carbonyl (C=O) groups excluding carboxylic acids is 1. The van der Waals surface area contributed by atoms with Gasteiger partial charge in [-0.2, -0.15) is 0 Å². The van der Waals surface area contributed by atoms with Gasteiger partial charge in [0.25, 0.3) is 5.91 Å². The van der Waals surface area contributed by atoms with Gasteiger partial charge in [-0.05, 0) is 53.3 Å². The van der Waals surface area contributed by atoms with E-state index in [-0.39, 0.29) is 5.91 Å². The summed E-state index contributed by atoms with van der Waals surface area (Å²) in [6.45, 7) is 1.97. The number of amides is 1. The summed E-state index contributed by atoms with van der Waals surface area (Å²) >= 11 is 2.24. The molecule has 1 aromatic heterocycles. The van der Waals surface area contributed by atoms with Gasteiger partial charge in [0.1, 0.15) is 5.75 Å². The molecule has 1 N–H and O–H groups in total. The number of methoxy groups -OCH3 is 1. The molecular formula is C14H13IN2O2. The molecule has 5 heteroatoms. The van der Waals surface area contributed by atoms with E-state index in [1.165, 1.54) is 13.3 Å². The molecule has 0 aliphatic rings. The Hall–Kier alpha value is -1.63. The molecule has 2 rings (SSSR count). The molecule has 98 valence electrons. The van der Waals surface area contributed by atoms with Gasteiger partial charge in [-0.1, -0.05) is 6.07 Å². The molecule has 0 atom stereocenters. The first-order valence-electron chi connectivity index (χ1n) is 5.68. The summed E-state index contributed by atoms with van der Waals surface area (Å²) in [4.78, 5) is 16.2. The zero-order valence-electron chi connectivity index (χ0n) is 10.6. The number of anilines is 1. The van der Waals surface area contributed by atoms with Gasteiger partial charge in [-0.25, -0.2) is 0 Å². The van der Waals surface area contributed by atoms with Gasteiger partial charge in [0, 0.05) is 15.5 Å². The van der Waals surface area contributed by atoms with Crippen molar-refractivity contribution < 1.29 is 9.53 Å². The fourth-order valence-corrected chi connectivity index (χ4v) is 2.16. The summed E-state index contributed by atoms with van der Waals surface area (Å²) in [5, 5.41) is 2.89. The number of halogens is 1. The van der Waals surface area contributed by atoms with Crippen molar-refractivity contribution in [2.45, 2.75) is 6.92 Å². The van der Waals surface area contributed by atoms with E-state index in [0.717, 1.165) is 14.8 Å². The quantitative estimate of drug-likeness (QED) is 0.847. The summed E-state index contributed by atoms with van der Waals surface area (Å²) in [5.41, 5.74) is 2.32. The second kappa shape index (κ2) is 6.01. The van der Waals surface area contributed by atoms with Crippen LogP contribution in [0.15, 0.2) is 36.7 Å². The minimum Gasteiger partial charge on any atom is -0.494 e. The van der Waals surface area contributed by atoms with Crippen LogP contribution in [0.2, 0.25) is 0 Å². The second-order valence-electron chi connectivity index (χ2n) is 3.94. The molecule has 0 spiro atoms. The van der Waals surface area contributed by atoms with Crippen molar-refractivity contribution in [3.8, 4) is 5.75 Å². The lowest BCUT2D eigenvalue weighted by Gasteiger charge is -2.11. The number of nitrogens with one attached hydrogen (secondary N) is 1. The number of aromatic nitrogens is 1. The smallest absolute Gasteiger partial charge is 0.259 e. The number of pyridine rings is 1. The second-order valence-corrected chi connectivity index (χ2v) is 5.10. The summed E-state index contributed by atoms with van der Waals surface area (Å²) in [6, 6.07) is 7.42. The Bertz CT molecular complexity index is 614. The van der Waals surface area contributed by atoms with Gasteiger partial charge in [0.15, 0.2) is 0 Å². The molecule has 0 unspecified atom stereocenters. The van der Waals surface area contributed by atoms with Crippen LogP contribution in [0, 0.1) is 10.5 Å². The average Bonchev–Trinajstić information content (AvgIpc) is 2.43. The number of ether oxygens (including phenoxy) is 1. The van der Waals surface area contributed by atoms with E-state index >= 15 is 0 Å². The molecule has 0 aliphatic heterocycles. The molecule has 2 aromatic rings. The standard InChI is InChI=1S/C14H13IN2O2/c1-9-11(15)4-3-5-12(9)17-14(18)10-6-7-16-8-13(10)19-2/h3-8H,1-2H3,(H,17,18). The summed E-state index contributed by atoms with van der Waals surface area (Å²) in [7, 11) is 1.52. The van der Waals surface area contributed by atoms with Crippen molar-refractivity contribution in [3.05, 3.63) is 51.4 Å². The Kier molecular flexibility index (Phi) is 4.36. The molecule has 0 aliphatic carbocycles. The van der Waals surface area contributed by atoms with Gasteiger partial charge < -0.3 is 10.1 Å². The van der Waals surface area contributed by atoms with Crippen LogP contribution in [0.3, 0.4) is 0 Å². The molecule has 4 nitrogen and oxygen atoms in total. The normalized spacial score (nSPS) is 10.1. The third kappa shape index (κ3) is 3.04. The van der Waals surface area contributed by atoms with E-state index in [1.807, 2.05) is 25.1 Å². The third-order valence-electron chi connectivity index (χ3n) is 2.76. The first kappa shape index (κ1) is 13.8. The Balaban J connectivity index is 2.28. The highest BCUT2D eigenvalue weighted by molar-refractivity contribution is 14.1. The van der Waals surface area contributed by atoms with Crippen LogP contribution < -0.4 is 10.1 Å². The molecule has 19 heavy (non-hydrogen) atoms. The first-order valence-corrected chi connectivity index (χ1v) is 6.76. The number of rotatable bonds is 3. The van der Waals surface area contributed by atoms with E-state index in [4.69, 9.17) is 4.74 Å². The topological polar surface area (TPSA) is 51.2 Å².